The maximum atomic E-state index is 13.1. The van der Waals surface area contributed by atoms with E-state index >= 15 is 0 Å². The summed E-state index contributed by atoms with van der Waals surface area (Å²) in [7, 11) is 0. The maximum absolute atomic E-state index is 13.1. The molecule has 144 valence electrons. The minimum atomic E-state index is -0.720. The summed E-state index contributed by atoms with van der Waals surface area (Å²) in [5, 5.41) is 0. The Kier molecular flexibility index (Phi) is 4.89. The Morgan fingerprint density at radius 3 is 2.70 bits per heavy atom. The van der Waals surface area contributed by atoms with Crippen molar-refractivity contribution in [2.75, 3.05) is 6.61 Å². The average molecular weight is 372 g/mol. The number of aromatic nitrogens is 2. The van der Waals surface area contributed by atoms with Gasteiger partial charge in [0, 0.05) is 6.07 Å². The molecule has 1 aliphatic heterocycles. The van der Waals surface area contributed by atoms with Crippen molar-refractivity contribution < 1.29 is 13.9 Å². The predicted molar refractivity (Wildman–Crippen MR) is 100 cm³/mol. The van der Waals surface area contributed by atoms with E-state index in [-0.39, 0.29) is 23.2 Å². The van der Waals surface area contributed by atoms with Gasteiger partial charge in [-0.15, -0.1) is 0 Å². The summed E-state index contributed by atoms with van der Waals surface area (Å²) in [6.45, 7) is 2.38. The topological polar surface area (TPSA) is 53.4 Å². The molecule has 0 unspecified atom stereocenters. The zero-order valence-corrected chi connectivity index (χ0v) is 15.6. The molecule has 2 heterocycles. The van der Waals surface area contributed by atoms with Crippen molar-refractivity contribution in [2.24, 2.45) is 0 Å². The van der Waals surface area contributed by atoms with Crippen LogP contribution in [0.4, 0.5) is 4.39 Å². The van der Waals surface area contributed by atoms with Gasteiger partial charge in [-0.05, 0) is 36.0 Å². The number of hydrogen-bond donors (Lipinski definition) is 0. The van der Waals surface area contributed by atoms with E-state index in [4.69, 9.17) is 9.47 Å². The largest absolute Gasteiger partial charge is 0.490 e. The molecule has 1 saturated carbocycles. The van der Waals surface area contributed by atoms with Gasteiger partial charge in [-0.3, -0.25) is 9.36 Å². The molecule has 1 aromatic carbocycles. The molecule has 27 heavy (non-hydrogen) atoms. The summed E-state index contributed by atoms with van der Waals surface area (Å²) >= 11 is 0. The number of rotatable bonds is 5. The van der Waals surface area contributed by atoms with Crippen molar-refractivity contribution in [1.82, 2.24) is 9.55 Å². The fourth-order valence-electron chi connectivity index (χ4n) is 4.17. The molecule has 2 aliphatic rings. The molecule has 5 nitrogen and oxygen atoms in total. The Labute approximate surface area is 158 Å². The zero-order chi connectivity index (χ0) is 18.9. The second kappa shape index (κ2) is 7.33. The molecular weight excluding hydrogens is 347 g/mol. The van der Waals surface area contributed by atoms with Crippen LogP contribution in [0.1, 0.15) is 50.3 Å². The van der Waals surface area contributed by atoms with Crippen molar-refractivity contribution in [3.8, 4) is 11.8 Å². The first-order valence-corrected chi connectivity index (χ1v) is 9.64. The molecule has 4 rings (SSSR count). The van der Waals surface area contributed by atoms with Crippen LogP contribution in [0.2, 0.25) is 0 Å². The van der Waals surface area contributed by atoms with Crippen LogP contribution in [-0.4, -0.2) is 22.3 Å². The number of nitrogens with zero attached hydrogens (tertiary/aromatic N) is 2. The highest BCUT2D eigenvalue weighted by Gasteiger charge is 2.29. The van der Waals surface area contributed by atoms with Gasteiger partial charge in [0.15, 0.2) is 6.10 Å². The third-order valence-corrected chi connectivity index (χ3v) is 5.81. The van der Waals surface area contributed by atoms with E-state index in [0.717, 1.165) is 5.75 Å². The number of hydrogen-bond acceptors (Lipinski definition) is 4. The quantitative estimate of drug-likeness (QED) is 0.802. The summed E-state index contributed by atoms with van der Waals surface area (Å²) in [5.74, 6) is 0.783. The van der Waals surface area contributed by atoms with E-state index in [0.29, 0.717) is 13.2 Å². The van der Waals surface area contributed by atoms with Gasteiger partial charge in [-0.2, -0.15) is 4.98 Å². The highest BCUT2D eigenvalue weighted by molar-refractivity contribution is 5.32. The van der Waals surface area contributed by atoms with E-state index in [9.17, 15) is 9.18 Å². The van der Waals surface area contributed by atoms with Gasteiger partial charge in [0.1, 0.15) is 19.0 Å². The number of ether oxygens (including phenoxy) is 2. The van der Waals surface area contributed by atoms with Crippen LogP contribution in [0.15, 0.2) is 35.1 Å². The fourth-order valence-corrected chi connectivity index (χ4v) is 4.17. The summed E-state index contributed by atoms with van der Waals surface area (Å²) in [6, 6.07) is 9.71. The van der Waals surface area contributed by atoms with E-state index in [2.05, 4.69) is 24.0 Å². The molecular formula is C21H25FN2O3. The minimum Gasteiger partial charge on any atom is -0.490 e. The number of fused-ring (bicyclic) bond motifs is 1. The van der Waals surface area contributed by atoms with Gasteiger partial charge in [-0.25, -0.2) is 4.39 Å². The van der Waals surface area contributed by atoms with E-state index in [1.54, 1.807) is 4.57 Å². The first kappa shape index (κ1) is 18.0. The Hall–Kier alpha value is -2.37. The van der Waals surface area contributed by atoms with Gasteiger partial charge in [0.05, 0.1) is 12.2 Å². The predicted octanol–water partition coefficient (Wildman–Crippen LogP) is 3.77. The first-order chi connectivity index (χ1) is 13.1. The molecule has 0 spiro atoms. The van der Waals surface area contributed by atoms with E-state index < -0.39 is 12.2 Å². The van der Waals surface area contributed by atoms with Gasteiger partial charge in [0.25, 0.3) is 5.56 Å². The highest BCUT2D eigenvalue weighted by atomic mass is 19.1. The van der Waals surface area contributed by atoms with Crippen LogP contribution in [0.25, 0.3) is 0 Å². The second-order valence-electron chi connectivity index (χ2n) is 7.81. The maximum Gasteiger partial charge on any atom is 0.300 e. The Morgan fingerprint density at radius 1 is 1.26 bits per heavy atom. The normalized spacial score (nSPS) is 20.7. The van der Waals surface area contributed by atoms with Crippen LogP contribution < -0.4 is 15.0 Å². The molecule has 6 heteroatoms. The van der Waals surface area contributed by atoms with Crippen molar-refractivity contribution in [1.29, 1.82) is 0 Å². The van der Waals surface area contributed by atoms with Crippen molar-refractivity contribution in [3.63, 3.8) is 0 Å². The van der Waals surface area contributed by atoms with Crippen LogP contribution in [0.5, 0.6) is 11.8 Å². The summed E-state index contributed by atoms with van der Waals surface area (Å²) < 4.78 is 26.2. The second-order valence-corrected chi connectivity index (χ2v) is 7.81. The molecule has 0 radical (unpaired) electrons. The smallest absolute Gasteiger partial charge is 0.300 e. The third kappa shape index (κ3) is 3.70. The van der Waals surface area contributed by atoms with Crippen molar-refractivity contribution in [3.05, 3.63) is 51.9 Å². The van der Waals surface area contributed by atoms with Crippen LogP contribution in [-0.2, 0) is 18.6 Å². The molecule has 0 saturated heterocycles. The first-order valence-electron chi connectivity index (χ1n) is 9.64. The number of benzene rings is 1. The lowest BCUT2D eigenvalue weighted by atomic mass is 9.71. The molecule has 1 fully saturated rings. The Balaban J connectivity index is 1.38. The van der Waals surface area contributed by atoms with Gasteiger partial charge in [-0.1, -0.05) is 38.3 Å². The summed E-state index contributed by atoms with van der Waals surface area (Å²) in [5.41, 5.74) is 1.45. The van der Waals surface area contributed by atoms with Gasteiger partial charge >= 0.3 is 6.01 Å². The lowest BCUT2D eigenvalue weighted by Crippen LogP contribution is -2.25. The fraction of sp³-hybridized carbons (Fsp3) is 0.524. The molecule has 1 atom stereocenters. The van der Waals surface area contributed by atoms with Crippen molar-refractivity contribution >= 4 is 0 Å². The van der Waals surface area contributed by atoms with Gasteiger partial charge < -0.3 is 9.47 Å². The van der Waals surface area contributed by atoms with Gasteiger partial charge in [0.2, 0.25) is 0 Å². The van der Waals surface area contributed by atoms with Crippen molar-refractivity contribution in [2.45, 2.75) is 63.8 Å². The SMILES string of the molecule is CC1(c2ccc(OC[C@@H]3Cn4c(CF)cc(=O)nc4O3)cc2)CCCCC1. The molecule has 1 aliphatic carbocycles. The standard InChI is InChI=1S/C21H25FN2O3/c1-21(9-3-2-4-10-21)15-5-7-17(8-6-15)26-14-18-13-24-16(12-22)11-19(25)23-20(24)27-18/h5-8,11,18H,2-4,9-10,12-14H2,1H3/t18-/m0/s1. The number of alkyl halides is 1. The third-order valence-electron chi connectivity index (χ3n) is 5.81. The van der Waals surface area contributed by atoms with E-state index in [1.807, 2.05) is 12.1 Å². The molecule has 0 bridgehead atoms. The van der Waals surface area contributed by atoms with E-state index in [1.165, 1.54) is 43.7 Å². The Bertz CT molecular complexity index is 857. The average Bonchev–Trinajstić information content (AvgIpc) is 3.09. The molecule has 0 N–H and O–H groups in total. The lowest BCUT2D eigenvalue weighted by molar-refractivity contribution is 0.143. The zero-order valence-electron chi connectivity index (χ0n) is 15.6. The minimum absolute atomic E-state index is 0.171. The molecule has 1 aromatic heterocycles. The molecule has 2 aromatic rings. The summed E-state index contributed by atoms with van der Waals surface area (Å²) in [4.78, 5) is 15.3. The monoisotopic (exact) mass is 372 g/mol. The van der Waals surface area contributed by atoms with Crippen LogP contribution in [0, 0.1) is 0 Å². The lowest BCUT2D eigenvalue weighted by Gasteiger charge is -2.34. The summed E-state index contributed by atoms with van der Waals surface area (Å²) in [6.07, 6.45) is 6.12. The number of halogens is 1. The van der Waals surface area contributed by atoms with Crippen LogP contribution in [0.3, 0.4) is 0 Å². The Morgan fingerprint density at radius 2 is 2.00 bits per heavy atom. The molecule has 0 amide bonds. The highest BCUT2D eigenvalue weighted by Crippen LogP contribution is 2.39. The van der Waals surface area contributed by atoms with Crippen LogP contribution >= 0.6 is 0 Å².